The molecule has 3 rings (SSSR count). The number of carbonyl (C=O) groups excluding carboxylic acids is 1. The molecule has 10 heteroatoms. The summed E-state index contributed by atoms with van der Waals surface area (Å²) in [6, 6.07) is 4.48. The molecule has 2 N–H and O–H groups in total. The van der Waals surface area contributed by atoms with Crippen LogP contribution in [-0.4, -0.2) is 30.4 Å². The van der Waals surface area contributed by atoms with Gasteiger partial charge < -0.3 is 24.8 Å². The molecule has 0 saturated carbocycles. The molecule has 132 valence electrons. The highest BCUT2D eigenvalue weighted by Gasteiger charge is 2.33. The van der Waals surface area contributed by atoms with Crippen molar-refractivity contribution in [3.63, 3.8) is 0 Å². The normalized spacial score (nSPS) is 20.1. The first-order chi connectivity index (χ1) is 12.0. The lowest BCUT2D eigenvalue weighted by Gasteiger charge is -2.29. The maximum absolute atomic E-state index is 12.4. The van der Waals surface area contributed by atoms with Gasteiger partial charge in [0.15, 0.2) is 16.5 Å². The number of hydrogen-bond acceptors (Lipinski definition) is 6. The quantitative estimate of drug-likeness (QED) is 0.470. The van der Waals surface area contributed by atoms with E-state index in [-0.39, 0.29) is 19.4 Å². The fourth-order valence-electron chi connectivity index (χ4n) is 2.66. The molecule has 0 bridgehead atoms. The fourth-order valence-corrected chi connectivity index (χ4v) is 2.66. The van der Waals surface area contributed by atoms with Crippen LogP contribution in [0.1, 0.15) is 25.5 Å². The Morgan fingerprint density at radius 3 is 2.92 bits per heavy atom. The van der Waals surface area contributed by atoms with Crippen molar-refractivity contribution in [2.24, 2.45) is 5.10 Å². The van der Waals surface area contributed by atoms with E-state index >= 15 is 0 Å². The van der Waals surface area contributed by atoms with Gasteiger partial charge in [-0.2, -0.15) is 0 Å². The van der Waals surface area contributed by atoms with E-state index in [2.05, 4.69) is 15.7 Å². The van der Waals surface area contributed by atoms with Crippen LogP contribution in [0.25, 0.3) is 0 Å². The van der Waals surface area contributed by atoms with E-state index in [0.29, 0.717) is 28.3 Å². The average molecular weight is 348 g/mol. The summed E-state index contributed by atoms with van der Waals surface area (Å²) in [6.07, 6.45) is 0. The van der Waals surface area contributed by atoms with E-state index in [0.717, 1.165) is 0 Å². The van der Waals surface area contributed by atoms with Crippen LogP contribution in [-0.2, 0) is 9.53 Å². The number of benzene rings is 1. The van der Waals surface area contributed by atoms with Crippen LogP contribution in [0.2, 0.25) is 0 Å². The predicted molar refractivity (Wildman–Crippen MR) is 85.3 cm³/mol. The number of nitrogens with zero attached hydrogens (tertiary/aromatic N) is 2. The minimum absolute atomic E-state index is 0.0711. The zero-order valence-corrected chi connectivity index (χ0v) is 13.6. The number of nitrogens with one attached hydrogen (secondary N) is 2. The Kier molecular flexibility index (Phi) is 4.42. The third kappa shape index (κ3) is 3.32. The van der Waals surface area contributed by atoms with E-state index in [1.165, 1.54) is 0 Å². The Hall–Kier alpha value is -3.30. The van der Waals surface area contributed by atoms with E-state index in [1.807, 2.05) is 0 Å². The molecule has 2 heterocycles. The summed E-state index contributed by atoms with van der Waals surface area (Å²) in [7, 11) is 0. The van der Waals surface area contributed by atoms with Gasteiger partial charge in [-0.1, -0.05) is 6.07 Å². The van der Waals surface area contributed by atoms with Gasteiger partial charge >= 0.3 is 5.97 Å². The molecule has 0 saturated heterocycles. The molecule has 1 aromatic rings. The number of allylic oxidation sites excluding steroid dienone is 1. The average Bonchev–Trinajstić information content (AvgIpc) is 3.01. The van der Waals surface area contributed by atoms with Gasteiger partial charge in [-0.05, 0) is 31.5 Å². The molecule has 2 aliphatic heterocycles. The van der Waals surface area contributed by atoms with Crippen molar-refractivity contribution in [3.8, 4) is 11.5 Å². The van der Waals surface area contributed by atoms with Gasteiger partial charge in [0, 0.05) is 5.70 Å². The van der Waals surface area contributed by atoms with Gasteiger partial charge in [0.25, 0.3) is 5.96 Å². The zero-order chi connectivity index (χ0) is 18.0. The number of esters is 1. The van der Waals surface area contributed by atoms with Gasteiger partial charge in [-0.15, -0.1) is 0 Å². The van der Waals surface area contributed by atoms with E-state index in [1.54, 1.807) is 32.0 Å². The standard InChI is InChI=1S/C15H16N4O6/c1-3-23-14(20)12-8(2)16-15(18-19(21)22)17-13(12)9-4-5-10-11(6-9)25-7-24-10/h4-6,13H,3,7H2,1-2H3,(H2,16,17,18)/t13-/m1/s1. The smallest absolute Gasteiger partial charge is 0.338 e. The van der Waals surface area contributed by atoms with Crippen LogP contribution in [0, 0.1) is 10.1 Å². The monoisotopic (exact) mass is 348 g/mol. The predicted octanol–water partition coefficient (Wildman–Crippen LogP) is 1.03. The first-order valence-corrected chi connectivity index (χ1v) is 7.53. The number of carbonyl (C=O) groups is 1. The van der Waals surface area contributed by atoms with Crippen molar-refractivity contribution in [3.05, 3.63) is 45.1 Å². The number of guanidine groups is 1. The van der Waals surface area contributed by atoms with E-state index in [4.69, 9.17) is 14.2 Å². The topological polar surface area (TPSA) is 124 Å². The molecule has 0 unspecified atom stereocenters. The summed E-state index contributed by atoms with van der Waals surface area (Å²) in [5.41, 5.74) is 1.38. The second-order valence-electron chi connectivity index (χ2n) is 5.26. The van der Waals surface area contributed by atoms with Gasteiger partial charge in [-0.25, -0.2) is 14.9 Å². The third-order valence-electron chi connectivity index (χ3n) is 3.69. The molecule has 1 aromatic carbocycles. The van der Waals surface area contributed by atoms with Crippen LogP contribution >= 0.6 is 0 Å². The van der Waals surface area contributed by atoms with Crippen molar-refractivity contribution in [1.82, 2.24) is 10.6 Å². The highest BCUT2D eigenvalue weighted by molar-refractivity contribution is 5.96. The van der Waals surface area contributed by atoms with Gasteiger partial charge in [-0.3, -0.25) is 0 Å². The van der Waals surface area contributed by atoms with Crippen molar-refractivity contribution in [1.29, 1.82) is 0 Å². The Morgan fingerprint density at radius 1 is 1.44 bits per heavy atom. The van der Waals surface area contributed by atoms with Gasteiger partial charge in [0.2, 0.25) is 6.79 Å². The molecule has 2 aliphatic rings. The highest BCUT2D eigenvalue weighted by Crippen LogP contribution is 2.37. The Labute approximate surface area is 142 Å². The van der Waals surface area contributed by atoms with Gasteiger partial charge in [0.05, 0.1) is 18.2 Å². The molecule has 0 radical (unpaired) electrons. The summed E-state index contributed by atoms with van der Waals surface area (Å²) in [4.78, 5) is 23.0. The summed E-state index contributed by atoms with van der Waals surface area (Å²) in [5, 5.41) is 18.7. The van der Waals surface area contributed by atoms with Crippen molar-refractivity contribution in [2.75, 3.05) is 13.4 Å². The lowest BCUT2D eigenvalue weighted by atomic mass is 9.95. The number of nitro groups is 1. The summed E-state index contributed by atoms with van der Waals surface area (Å²) < 4.78 is 15.7. The van der Waals surface area contributed by atoms with E-state index in [9.17, 15) is 14.9 Å². The van der Waals surface area contributed by atoms with Crippen molar-refractivity contribution in [2.45, 2.75) is 19.9 Å². The molecule has 0 aromatic heterocycles. The molecule has 0 spiro atoms. The number of fused-ring (bicyclic) bond motifs is 1. The van der Waals surface area contributed by atoms with Crippen LogP contribution in [0.5, 0.6) is 11.5 Å². The Bertz CT molecular complexity index is 788. The lowest BCUT2D eigenvalue weighted by molar-refractivity contribution is -0.485. The number of hydrazone groups is 1. The number of ether oxygens (including phenoxy) is 3. The lowest BCUT2D eigenvalue weighted by Crippen LogP contribution is -2.46. The molecular weight excluding hydrogens is 332 g/mol. The highest BCUT2D eigenvalue weighted by atomic mass is 16.7. The zero-order valence-electron chi connectivity index (χ0n) is 13.6. The molecule has 0 aliphatic carbocycles. The first-order valence-electron chi connectivity index (χ1n) is 7.53. The summed E-state index contributed by atoms with van der Waals surface area (Å²) in [6.45, 7) is 3.65. The van der Waals surface area contributed by atoms with Crippen LogP contribution in [0.4, 0.5) is 0 Å². The largest absolute Gasteiger partial charge is 0.463 e. The van der Waals surface area contributed by atoms with Crippen molar-refractivity contribution < 1.29 is 24.0 Å². The van der Waals surface area contributed by atoms with Crippen LogP contribution in [0.3, 0.4) is 0 Å². The second kappa shape index (κ2) is 6.67. The fraction of sp³-hybridized carbons (Fsp3) is 0.333. The third-order valence-corrected chi connectivity index (χ3v) is 3.69. The second-order valence-corrected chi connectivity index (χ2v) is 5.26. The maximum atomic E-state index is 12.4. The number of hydrogen-bond donors (Lipinski definition) is 2. The van der Waals surface area contributed by atoms with E-state index < -0.39 is 17.0 Å². The molecule has 25 heavy (non-hydrogen) atoms. The Balaban J connectivity index is 2.03. The molecular formula is C15H16N4O6. The molecule has 1 atom stereocenters. The maximum Gasteiger partial charge on any atom is 0.338 e. The minimum atomic E-state index is -0.825. The van der Waals surface area contributed by atoms with Crippen LogP contribution in [0.15, 0.2) is 34.6 Å². The van der Waals surface area contributed by atoms with Crippen molar-refractivity contribution >= 4 is 11.9 Å². The Morgan fingerprint density at radius 2 is 2.20 bits per heavy atom. The summed E-state index contributed by atoms with van der Waals surface area (Å²) >= 11 is 0. The molecule has 0 amide bonds. The molecule has 0 fully saturated rings. The molecule has 10 nitrogen and oxygen atoms in total. The van der Waals surface area contributed by atoms with Gasteiger partial charge in [0.1, 0.15) is 5.10 Å². The SMILES string of the molecule is CCOC(=O)C1=C(C)N/C(=N/[N+](=O)[O-])N[C@@H]1c1ccc2c(c1)OCO2. The van der Waals surface area contributed by atoms with Crippen LogP contribution < -0.4 is 20.1 Å². The summed E-state index contributed by atoms with van der Waals surface area (Å²) in [5.74, 6) is 0.530. The minimum Gasteiger partial charge on any atom is -0.463 e. The number of rotatable bonds is 4. The first kappa shape index (κ1) is 16.6.